The van der Waals surface area contributed by atoms with E-state index in [4.69, 9.17) is 9.47 Å². The summed E-state index contributed by atoms with van der Waals surface area (Å²) < 4.78 is 10.9. The number of piperidine rings is 1. The van der Waals surface area contributed by atoms with Crippen LogP contribution in [-0.2, 0) is 0 Å². The van der Waals surface area contributed by atoms with Gasteiger partial charge in [0.1, 0.15) is 11.9 Å². The van der Waals surface area contributed by atoms with Gasteiger partial charge in [-0.3, -0.25) is 0 Å². The van der Waals surface area contributed by atoms with Crippen LogP contribution in [0.15, 0.2) is 18.3 Å². The quantitative estimate of drug-likeness (QED) is 0.878. The number of nitrogens with zero attached hydrogens (tertiary/aromatic N) is 1. The maximum absolute atomic E-state index is 5.74. The zero-order valence-electron chi connectivity index (χ0n) is 9.31. The molecule has 1 aromatic rings. The standard InChI is InChI=1S/C11H16N2O2.ClH/c1-14-9-4-6-13-11(7-9)15-10-3-2-5-12-8-10;/h4,6-7,10,12H,2-3,5,8H2,1H3;1H. The zero-order chi connectivity index (χ0) is 10.5. The van der Waals surface area contributed by atoms with Crippen molar-refractivity contribution in [2.75, 3.05) is 20.2 Å². The average Bonchev–Trinajstić information content (AvgIpc) is 2.31. The minimum atomic E-state index is 0. The lowest BCUT2D eigenvalue weighted by molar-refractivity contribution is 0.160. The lowest BCUT2D eigenvalue weighted by Crippen LogP contribution is -2.37. The molecule has 2 heterocycles. The van der Waals surface area contributed by atoms with E-state index in [0.29, 0.717) is 5.88 Å². The second kappa shape index (κ2) is 6.55. The minimum Gasteiger partial charge on any atom is -0.497 e. The number of methoxy groups -OCH3 is 1. The molecule has 1 aromatic heterocycles. The van der Waals surface area contributed by atoms with Gasteiger partial charge in [-0.1, -0.05) is 0 Å². The highest BCUT2D eigenvalue weighted by atomic mass is 35.5. The molecule has 4 nitrogen and oxygen atoms in total. The van der Waals surface area contributed by atoms with Gasteiger partial charge < -0.3 is 14.8 Å². The molecule has 1 aliphatic heterocycles. The molecule has 1 saturated heterocycles. The van der Waals surface area contributed by atoms with E-state index in [0.717, 1.165) is 31.7 Å². The van der Waals surface area contributed by atoms with E-state index in [2.05, 4.69) is 10.3 Å². The minimum absolute atomic E-state index is 0. The lowest BCUT2D eigenvalue weighted by Gasteiger charge is -2.23. The van der Waals surface area contributed by atoms with E-state index < -0.39 is 0 Å². The molecule has 5 heteroatoms. The van der Waals surface area contributed by atoms with Gasteiger partial charge in [-0.2, -0.15) is 0 Å². The normalized spacial score (nSPS) is 19.7. The maximum atomic E-state index is 5.74. The number of hydrogen-bond donors (Lipinski definition) is 1. The van der Waals surface area contributed by atoms with Crippen LogP contribution in [0.5, 0.6) is 11.6 Å². The second-order valence-electron chi connectivity index (χ2n) is 3.62. The van der Waals surface area contributed by atoms with Gasteiger partial charge in [-0.15, -0.1) is 12.4 Å². The highest BCUT2D eigenvalue weighted by Crippen LogP contribution is 2.18. The Morgan fingerprint density at radius 1 is 1.50 bits per heavy atom. The molecule has 0 amide bonds. The van der Waals surface area contributed by atoms with Crippen LogP contribution in [0.1, 0.15) is 12.8 Å². The Labute approximate surface area is 102 Å². The third-order valence-electron chi connectivity index (χ3n) is 2.48. The van der Waals surface area contributed by atoms with Gasteiger partial charge in [0, 0.05) is 18.8 Å². The Morgan fingerprint density at radius 2 is 2.38 bits per heavy atom. The summed E-state index contributed by atoms with van der Waals surface area (Å²) in [4.78, 5) is 4.15. The number of nitrogens with one attached hydrogen (secondary N) is 1. The molecule has 1 N–H and O–H groups in total. The fraction of sp³-hybridized carbons (Fsp3) is 0.545. The Hall–Kier alpha value is -1.00. The molecule has 0 bridgehead atoms. The van der Waals surface area contributed by atoms with Crippen molar-refractivity contribution in [3.63, 3.8) is 0 Å². The van der Waals surface area contributed by atoms with Crippen LogP contribution in [0, 0.1) is 0 Å². The van der Waals surface area contributed by atoms with Crippen molar-refractivity contribution in [1.82, 2.24) is 10.3 Å². The van der Waals surface area contributed by atoms with Crippen LogP contribution in [0.25, 0.3) is 0 Å². The van der Waals surface area contributed by atoms with Crippen LogP contribution in [0.4, 0.5) is 0 Å². The van der Waals surface area contributed by atoms with Crippen LogP contribution in [-0.4, -0.2) is 31.3 Å². The maximum Gasteiger partial charge on any atom is 0.217 e. The largest absolute Gasteiger partial charge is 0.497 e. The summed E-state index contributed by atoms with van der Waals surface area (Å²) in [6.07, 6.45) is 4.18. The molecule has 0 aromatic carbocycles. The third-order valence-corrected chi connectivity index (χ3v) is 2.48. The van der Waals surface area contributed by atoms with E-state index in [1.807, 2.05) is 12.1 Å². The third kappa shape index (κ3) is 3.54. The molecule has 90 valence electrons. The topological polar surface area (TPSA) is 43.4 Å². The predicted molar refractivity (Wildman–Crippen MR) is 64.6 cm³/mol. The summed E-state index contributed by atoms with van der Waals surface area (Å²) in [7, 11) is 1.64. The van der Waals surface area contributed by atoms with Gasteiger partial charge in [-0.05, 0) is 25.5 Å². The van der Waals surface area contributed by atoms with Crippen molar-refractivity contribution in [3.8, 4) is 11.6 Å². The van der Waals surface area contributed by atoms with E-state index in [1.54, 1.807) is 13.3 Å². The van der Waals surface area contributed by atoms with Crippen molar-refractivity contribution < 1.29 is 9.47 Å². The van der Waals surface area contributed by atoms with Gasteiger partial charge in [0.15, 0.2) is 0 Å². The van der Waals surface area contributed by atoms with Crippen molar-refractivity contribution >= 4 is 12.4 Å². The first-order chi connectivity index (χ1) is 7.38. The number of ether oxygens (including phenoxy) is 2. The molecule has 0 saturated carbocycles. The van der Waals surface area contributed by atoms with Gasteiger partial charge in [0.05, 0.1) is 7.11 Å². The van der Waals surface area contributed by atoms with Crippen molar-refractivity contribution in [1.29, 1.82) is 0 Å². The van der Waals surface area contributed by atoms with Crippen LogP contribution in [0.2, 0.25) is 0 Å². The second-order valence-corrected chi connectivity index (χ2v) is 3.62. The number of pyridine rings is 1. The molecule has 0 radical (unpaired) electrons. The number of halogens is 1. The SMILES string of the molecule is COc1ccnc(OC2CCCNC2)c1.Cl. The van der Waals surface area contributed by atoms with Crippen molar-refractivity contribution in [2.45, 2.75) is 18.9 Å². The Morgan fingerprint density at radius 3 is 3.06 bits per heavy atom. The fourth-order valence-electron chi connectivity index (χ4n) is 1.67. The molecule has 2 rings (SSSR count). The van der Waals surface area contributed by atoms with Crippen molar-refractivity contribution in [3.05, 3.63) is 18.3 Å². The fourth-order valence-corrected chi connectivity index (χ4v) is 1.67. The van der Waals surface area contributed by atoms with Crippen LogP contribution in [0.3, 0.4) is 0 Å². The van der Waals surface area contributed by atoms with Crippen molar-refractivity contribution in [2.24, 2.45) is 0 Å². The molecular formula is C11H17ClN2O2. The van der Waals surface area contributed by atoms with Gasteiger partial charge in [0.2, 0.25) is 5.88 Å². The summed E-state index contributed by atoms with van der Waals surface area (Å²) in [5.41, 5.74) is 0. The lowest BCUT2D eigenvalue weighted by atomic mass is 10.1. The summed E-state index contributed by atoms with van der Waals surface area (Å²) in [6.45, 7) is 1.99. The van der Waals surface area contributed by atoms with E-state index in [9.17, 15) is 0 Å². The molecule has 0 aliphatic carbocycles. The first kappa shape index (κ1) is 13.1. The summed E-state index contributed by atoms with van der Waals surface area (Å²) in [5.74, 6) is 1.42. The Kier molecular flexibility index (Phi) is 5.35. The van der Waals surface area contributed by atoms with Gasteiger partial charge >= 0.3 is 0 Å². The summed E-state index contributed by atoms with van der Waals surface area (Å²) in [6, 6.07) is 3.63. The molecular weight excluding hydrogens is 228 g/mol. The Balaban J connectivity index is 0.00000128. The average molecular weight is 245 g/mol. The Bertz CT molecular complexity index is 317. The summed E-state index contributed by atoms with van der Waals surface area (Å²) in [5, 5.41) is 3.30. The number of rotatable bonds is 3. The zero-order valence-corrected chi connectivity index (χ0v) is 10.1. The van der Waals surface area contributed by atoms with Crippen LogP contribution >= 0.6 is 12.4 Å². The predicted octanol–water partition coefficient (Wildman–Crippen LogP) is 1.64. The molecule has 1 fully saturated rings. The van der Waals surface area contributed by atoms with E-state index in [1.165, 1.54) is 0 Å². The smallest absolute Gasteiger partial charge is 0.217 e. The molecule has 1 aliphatic rings. The van der Waals surface area contributed by atoms with E-state index in [-0.39, 0.29) is 18.5 Å². The summed E-state index contributed by atoms with van der Waals surface area (Å²) >= 11 is 0. The number of hydrogen-bond acceptors (Lipinski definition) is 4. The first-order valence-electron chi connectivity index (χ1n) is 5.26. The van der Waals surface area contributed by atoms with Gasteiger partial charge in [0.25, 0.3) is 0 Å². The highest BCUT2D eigenvalue weighted by molar-refractivity contribution is 5.85. The van der Waals surface area contributed by atoms with Gasteiger partial charge in [-0.25, -0.2) is 4.98 Å². The van der Waals surface area contributed by atoms with E-state index >= 15 is 0 Å². The number of aromatic nitrogens is 1. The highest BCUT2D eigenvalue weighted by Gasteiger charge is 2.14. The molecule has 0 spiro atoms. The van der Waals surface area contributed by atoms with Crippen LogP contribution < -0.4 is 14.8 Å². The molecule has 16 heavy (non-hydrogen) atoms. The first-order valence-corrected chi connectivity index (χ1v) is 5.26. The molecule has 1 unspecified atom stereocenters. The molecule has 1 atom stereocenters. The monoisotopic (exact) mass is 244 g/mol.